The van der Waals surface area contributed by atoms with Gasteiger partial charge in [0.25, 0.3) is 0 Å². The van der Waals surface area contributed by atoms with Crippen molar-refractivity contribution in [1.29, 1.82) is 0 Å². The second-order valence-electron chi connectivity index (χ2n) is 7.95. The monoisotopic (exact) mass is 519 g/mol. The molecule has 0 saturated carbocycles. The van der Waals surface area contributed by atoms with E-state index in [1.165, 1.54) is 29.2 Å². The Balaban J connectivity index is 1.23. The van der Waals surface area contributed by atoms with Gasteiger partial charge in [-0.25, -0.2) is 17.8 Å². The molecule has 4 rings (SSSR count). The van der Waals surface area contributed by atoms with Crippen LogP contribution < -0.4 is 10.1 Å². The van der Waals surface area contributed by atoms with Gasteiger partial charge in [0.05, 0.1) is 7.11 Å². The van der Waals surface area contributed by atoms with E-state index in [0.717, 1.165) is 17.7 Å². The molecule has 0 aliphatic carbocycles. The average molecular weight is 520 g/mol. The van der Waals surface area contributed by atoms with Crippen LogP contribution in [0, 0.1) is 11.7 Å². The normalized spacial score (nSPS) is 15.1. The maximum absolute atomic E-state index is 13.7. The molecule has 0 spiro atoms. The number of hydrogen-bond acceptors (Lipinski definition) is 7. The van der Waals surface area contributed by atoms with E-state index in [-0.39, 0.29) is 35.6 Å². The van der Waals surface area contributed by atoms with Gasteiger partial charge in [0, 0.05) is 36.9 Å². The first kappa shape index (κ1) is 25.1. The fourth-order valence-electron chi connectivity index (χ4n) is 3.85. The van der Waals surface area contributed by atoms with Crippen LogP contribution in [0.15, 0.2) is 58.6 Å². The van der Waals surface area contributed by atoms with Crippen molar-refractivity contribution in [3.8, 4) is 17.1 Å². The molecule has 35 heavy (non-hydrogen) atoms. The Hall–Kier alpha value is -2.96. The number of H-pyrrole nitrogens is 1. The van der Waals surface area contributed by atoms with Crippen molar-refractivity contribution in [1.82, 2.24) is 24.8 Å². The largest absolute Gasteiger partial charge is 0.495 e. The lowest BCUT2D eigenvalue weighted by Gasteiger charge is -2.30. The third-order valence-electron chi connectivity index (χ3n) is 5.71. The molecule has 2 N–H and O–H groups in total. The van der Waals surface area contributed by atoms with Gasteiger partial charge >= 0.3 is 0 Å². The summed E-state index contributed by atoms with van der Waals surface area (Å²) in [5.41, 5.74) is 0.948. The summed E-state index contributed by atoms with van der Waals surface area (Å²) < 4.78 is 46.0. The molecule has 12 heteroatoms. The Kier molecular flexibility index (Phi) is 8.04. The number of benzene rings is 2. The highest BCUT2D eigenvalue weighted by Crippen LogP contribution is 2.30. The maximum atomic E-state index is 13.7. The fourth-order valence-corrected chi connectivity index (χ4v) is 6.14. The summed E-state index contributed by atoms with van der Waals surface area (Å²) in [5.74, 6) is 0.336. The van der Waals surface area contributed by atoms with Crippen LogP contribution in [0.4, 0.5) is 4.39 Å². The van der Waals surface area contributed by atoms with Gasteiger partial charge in [0.1, 0.15) is 16.5 Å². The summed E-state index contributed by atoms with van der Waals surface area (Å²) in [7, 11) is -2.59. The SMILES string of the molecule is COc1ccc(F)cc1S(=O)(=O)N1CCC(C(=O)NCCSc2n[nH]c(-c3ccccc3)n2)CC1. The van der Waals surface area contributed by atoms with Crippen molar-refractivity contribution in [3.63, 3.8) is 0 Å². The molecule has 2 aromatic carbocycles. The van der Waals surface area contributed by atoms with E-state index in [2.05, 4.69) is 20.5 Å². The van der Waals surface area contributed by atoms with E-state index in [1.54, 1.807) is 0 Å². The van der Waals surface area contributed by atoms with Crippen LogP contribution in [0.5, 0.6) is 5.75 Å². The van der Waals surface area contributed by atoms with Gasteiger partial charge in [-0.05, 0) is 31.0 Å². The smallest absolute Gasteiger partial charge is 0.246 e. The minimum atomic E-state index is -3.93. The van der Waals surface area contributed by atoms with Gasteiger partial charge < -0.3 is 10.1 Å². The number of nitrogens with one attached hydrogen (secondary N) is 2. The lowest BCUT2D eigenvalue weighted by Crippen LogP contribution is -2.43. The lowest BCUT2D eigenvalue weighted by molar-refractivity contribution is -0.125. The second kappa shape index (κ2) is 11.2. The van der Waals surface area contributed by atoms with E-state index in [1.807, 2.05) is 30.3 Å². The molecule has 1 aromatic heterocycles. The zero-order valence-corrected chi connectivity index (χ0v) is 20.7. The minimum Gasteiger partial charge on any atom is -0.495 e. The van der Waals surface area contributed by atoms with Gasteiger partial charge in [-0.15, -0.1) is 5.10 Å². The summed E-state index contributed by atoms with van der Waals surface area (Å²) >= 11 is 1.43. The molecular formula is C23H26FN5O4S2. The zero-order chi connectivity index (χ0) is 24.8. The van der Waals surface area contributed by atoms with Gasteiger partial charge in [0.15, 0.2) is 5.82 Å². The number of ether oxygens (including phenoxy) is 1. The minimum absolute atomic E-state index is 0.0889. The number of aromatic amines is 1. The summed E-state index contributed by atoms with van der Waals surface area (Å²) in [6.45, 7) is 0.792. The van der Waals surface area contributed by atoms with Gasteiger partial charge in [0.2, 0.25) is 21.1 Å². The van der Waals surface area contributed by atoms with Crippen molar-refractivity contribution in [2.75, 3.05) is 32.5 Å². The Morgan fingerprint density at radius 1 is 1.23 bits per heavy atom. The Morgan fingerprint density at radius 2 is 1.97 bits per heavy atom. The van der Waals surface area contributed by atoms with E-state index in [0.29, 0.717) is 36.1 Å². The molecule has 9 nitrogen and oxygen atoms in total. The van der Waals surface area contributed by atoms with Crippen LogP contribution in [-0.4, -0.2) is 66.3 Å². The van der Waals surface area contributed by atoms with Crippen LogP contribution in [0.1, 0.15) is 12.8 Å². The van der Waals surface area contributed by atoms with Crippen molar-refractivity contribution >= 4 is 27.7 Å². The van der Waals surface area contributed by atoms with E-state index in [4.69, 9.17) is 4.74 Å². The van der Waals surface area contributed by atoms with Crippen molar-refractivity contribution in [2.24, 2.45) is 5.92 Å². The van der Waals surface area contributed by atoms with Crippen molar-refractivity contribution < 1.29 is 22.3 Å². The predicted octanol–water partition coefficient (Wildman–Crippen LogP) is 2.93. The number of thioether (sulfide) groups is 1. The third-order valence-corrected chi connectivity index (χ3v) is 8.48. The summed E-state index contributed by atoms with van der Waals surface area (Å²) in [6, 6.07) is 13.1. The number of carbonyl (C=O) groups excluding carboxylic acids is 1. The molecule has 0 bridgehead atoms. The number of nitrogens with zero attached hydrogens (tertiary/aromatic N) is 3. The third kappa shape index (κ3) is 6.00. The number of sulfonamides is 1. The molecule has 2 heterocycles. The van der Waals surface area contributed by atoms with Crippen LogP contribution in [0.2, 0.25) is 0 Å². The molecule has 1 fully saturated rings. The molecular weight excluding hydrogens is 493 g/mol. The average Bonchev–Trinajstić information content (AvgIpc) is 3.36. The number of aromatic nitrogens is 3. The molecule has 1 aliphatic heterocycles. The molecule has 186 valence electrons. The summed E-state index contributed by atoms with van der Waals surface area (Å²) in [4.78, 5) is 16.8. The Morgan fingerprint density at radius 3 is 2.69 bits per heavy atom. The number of hydrogen-bond donors (Lipinski definition) is 2. The number of piperidine rings is 1. The predicted molar refractivity (Wildman–Crippen MR) is 130 cm³/mol. The molecule has 1 saturated heterocycles. The van der Waals surface area contributed by atoms with E-state index < -0.39 is 15.8 Å². The molecule has 0 atom stereocenters. The van der Waals surface area contributed by atoms with Crippen LogP contribution in [-0.2, 0) is 14.8 Å². The maximum Gasteiger partial charge on any atom is 0.246 e. The Bertz CT molecular complexity index is 1260. The first-order chi connectivity index (χ1) is 16.9. The van der Waals surface area contributed by atoms with Gasteiger partial charge in [-0.1, -0.05) is 42.1 Å². The zero-order valence-electron chi connectivity index (χ0n) is 19.1. The lowest BCUT2D eigenvalue weighted by atomic mass is 9.97. The summed E-state index contributed by atoms with van der Waals surface area (Å²) in [5, 5.41) is 10.6. The molecule has 0 unspecified atom stereocenters. The van der Waals surface area contributed by atoms with E-state index in [9.17, 15) is 17.6 Å². The molecule has 1 amide bonds. The van der Waals surface area contributed by atoms with Crippen LogP contribution in [0.25, 0.3) is 11.4 Å². The van der Waals surface area contributed by atoms with Crippen LogP contribution >= 0.6 is 11.8 Å². The standard InChI is InChI=1S/C23H26FN5O4S2/c1-33-19-8-7-18(24)15-20(19)35(31,32)29-12-9-17(10-13-29)22(30)25-11-14-34-23-26-21(27-28-23)16-5-3-2-4-6-16/h2-8,15,17H,9-14H2,1H3,(H,25,30)(H,26,27,28). The number of rotatable bonds is 9. The number of amides is 1. The highest BCUT2D eigenvalue weighted by Gasteiger charge is 2.33. The van der Waals surface area contributed by atoms with E-state index >= 15 is 0 Å². The topological polar surface area (TPSA) is 117 Å². The van der Waals surface area contributed by atoms with Gasteiger partial charge in [-0.3, -0.25) is 9.89 Å². The fraction of sp³-hybridized carbons (Fsp3) is 0.348. The number of carbonyl (C=O) groups is 1. The Labute approximate surface area is 207 Å². The molecule has 1 aliphatic rings. The van der Waals surface area contributed by atoms with Gasteiger partial charge in [-0.2, -0.15) is 4.31 Å². The quantitative estimate of drug-likeness (QED) is 0.330. The molecule has 3 aromatic rings. The van der Waals surface area contributed by atoms with Crippen molar-refractivity contribution in [3.05, 3.63) is 54.3 Å². The first-order valence-electron chi connectivity index (χ1n) is 11.1. The van der Waals surface area contributed by atoms with Crippen molar-refractivity contribution in [2.45, 2.75) is 22.9 Å². The summed E-state index contributed by atoms with van der Waals surface area (Å²) in [6.07, 6.45) is 0.772. The second-order valence-corrected chi connectivity index (χ2v) is 10.9. The first-order valence-corrected chi connectivity index (χ1v) is 13.5. The number of halogens is 1. The molecule has 0 radical (unpaired) electrons. The van der Waals surface area contributed by atoms with Crippen LogP contribution in [0.3, 0.4) is 0 Å². The number of methoxy groups -OCH3 is 1. The highest BCUT2D eigenvalue weighted by atomic mass is 32.2. The highest BCUT2D eigenvalue weighted by molar-refractivity contribution is 7.99.